The zero-order valence-corrected chi connectivity index (χ0v) is 13.2. The van der Waals surface area contributed by atoms with Crippen molar-refractivity contribution in [3.05, 3.63) is 36.0 Å². The van der Waals surface area contributed by atoms with Crippen molar-refractivity contribution in [1.29, 1.82) is 5.26 Å². The number of carbonyl (C=O) groups is 1. The number of nitriles is 1. The van der Waals surface area contributed by atoms with Crippen molar-refractivity contribution in [1.82, 2.24) is 9.88 Å². The fourth-order valence-corrected chi connectivity index (χ4v) is 2.34. The van der Waals surface area contributed by atoms with E-state index >= 15 is 0 Å². The average Bonchev–Trinajstić information content (AvgIpc) is 2.76. The van der Waals surface area contributed by atoms with Crippen LogP contribution in [0.25, 0.3) is 10.9 Å². The summed E-state index contributed by atoms with van der Waals surface area (Å²) in [5.74, 6) is 0. The van der Waals surface area contributed by atoms with Crippen molar-refractivity contribution in [3.8, 4) is 6.07 Å². The highest BCUT2D eigenvalue weighted by Crippen LogP contribution is 2.21. The maximum Gasteiger partial charge on any atom is 0.407 e. The highest BCUT2D eigenvalue weighted by molar-refractivity contribution is 5.84. The minimum atomic E-state index is -0.493. The number of hydrogen-bond acceptors (Lipinski definition) is 3. The second kappa shape index (κ2) is 6.52. The fraction of sp³-hybridized carbons (Fsp3) is 0.412. The Morgan fingerprint density at radius 3 is 2.77 bits per heavy atom. The van der Waals surface area contributed by atoms with E-state index in [0.717, 1.165) is 16.5 Å². The summed E-state index contributed by atoms with van der Waals surface area (Å²) in [4.78, 5) is 11.6. The lowest BCUT2D eigenvalue weighted by Gasteiger charge is -2.19. The predicted octanol–water partition coefficient (Wildman–Crippen LogP) is 3.23. The number of hydrogen-bond donors (Lipinski definition) is 1. The smallest absolute Gasteiger partial charge is 0.407 e. The van der Waals surface area contributed by atoms with Gasteiger partial charge in [0.25, 0.3) is 0 Å². The van der Waals surface area contributed by atoms with Gasteiger partial charge in [0, 0.05) is 23.6 Å². The molecule has 2 aromatic rings. The van der Waals surface area contributed by atoms with Gasteiger partial charge in [0.05, 0.1) is 6.07 Å². The fourth-order valence-electron chi connectivity index (χ4n) is 2.34. The Balaban J connectivity index is 2.03. The largest absolute Gasteiger partial charge is 0.444 e. The van der Waals surface area contributed by atoms with Crippen LogP contribution in [0.15, 0.2) is 30.5 Å². The summed E-state index contributed by atoms with van der Waals surface area (Å²) < 4.78 is 7.14. The van der Waals surface area contributed by atoms with Gasteiger partial charge in [0.2, 0.25) is 0 Å². The molecule has 1 amide bonds. The number of amides is 1. The van der Waals surface area contributed by atoms with E-state index in [1.165, 1.54) is 0 Å². The Kier molecular flexibility index (Phi) is 4.71. The van der Waals surface area contributed by atoms with Crippen LogP contribution in [-0.2, 0) is 17.7 Å². The van der Waals surface area contributed by atoms with Crippen LogP contribution in [0.3, 0.4) is 0 Å². The van der Waals surface area contributed by atoms with Gasteiger partial charge in [-0.05, 0) is 38.8 Å². The van der Waals surface area contributed by atoms with Gasteiger partial charge in [0.1, 0.15) is 12.1 Å². The first-order valence-electron chi connectivity index (χ1n) is 7.31. The van der Waals surface area contributed by atoms with E-state index in [4.69, 9.17) is 10.00 Å². The standard InChI is InChI=1S/C17H21N3O2/c1-17(2,3)22-16(21)19-10-8-13-12-20(11-9-18)15-7-5-4-6-14(13)15/h4-7,12H,8,10-11H2,1-3H3,(H,19,21). The van der Waals surface area contributed by atoms with E-state index in [2.05, 4.69) is 11.4 Å². The monoisotopic (exact) mass is 299 g/mol. The molecule has 0 aliphatic heterocycles. The number of para-hydroxylation sites is 1. The summed E-state index contributed by atoms with van der Waals surface area (Å²) in [5.41, 5.74) is 1.66. The summed E-state index contributed by atoms with van der Waals surface area (Å²) >= 11 is 0. The number of fused-ring (bicyclic) bond motifs is 1. The van der Waals surface area contributed by atoms with Crippen molar-refractivity contribution in [2.75, 3.05) is 6.54 Å². The number of benzene rings is 1. The Labute approximate surface area is 130 Å². The number of nitrogens with one attached hydrogen (secondary N) is 1. The Morgan fingerprint density at radius 2 is 2.09 bits per heavy atom. The van der Waals surface area contributed by atoms with Crippen LogP contribution in [-0.4, -0.2) is 22.8 Å². The van der Waals surface area contributed by atoms with Crippen LogP contribution in [0, 0.1) is 11.3 Å². The number of carbonyl (C=O) groups excluding carboxylic acids is 1. The summed E-state index contributed by atoms with van der Waals surface area (Å²) in [6.07, 6.45) is 2.26. The molecule has 22 heavy (non-hydrogen) atoms. The molecule has 0 fully saturated rings. The lowest BCUT2D eigenvalue weighted by atomic mass is 10.1. The molecule has 0 aliphatic rings. The normalized spacial score (nSPS) is 11.2. The van der Waals surface area contributed by atoms with Gasteiger partial charge >= 0.3 is 6.09 Å². The third-order valence-corrected chi connectivity index (χ3v) is 3.17. The molecule has 1 heterocycles. The first-order chi connectivity index (χ1) is 10.4. The van der Waals surface area contributed by atoms with Crippen LogP contribution < -0.4 is 5.32 Å². The third kappa shape index (κ3) is 4.01. The molecule has 0 unspecified atom stereocenters. The number of nitrogens with zero attached hydrogens (tertiary/aromatic N) is 2. The van der Waals surface area contributed by atoms with Crippen LogP contribution in [0.4, 0.5) is 4.79 Å². The van der Waals surface area contributed by atoms with Crippen molar-refractivity contribution in [2.45, 2.75) is 39.3 Å². The quantitative estimate of drug-likeness (QED) is 0.942. The summed E-state index contributed by atoms with van der Waals surface area (Å²) in [5, 5.41) is 12.8. The molecule has 1 aromatic carbocycles. The minimum absolute atomic E-state index is 0.319. The van der Waals surface area contributed by atoms with Crippen molar-refractivity contribution in [3.63, 3.8) is 0 Å². The van der Waals surface area contributed by atoms with Crippen LogP contribution in [0.5, 0.6) is 0 Å². The SMILES string of the molecule is CC(C)(C)OC(=O)NCCc1cn(CC#N)c2ccccc12. The molecule has 0 atom stereocenters. The molecule has 1 N–H and O–H groups in total. The molecule has 0 spiro atoms. The lowest BCUT2D eigenvalue weighted by Crippen LogP contribution is -2.33. The molecule has 0 saturated heterocycles. The highest BCUT2D eigenvalue weighted by Gasteiger charge is 2.15. The van der Waals surface area contributed by atoms with Crippen molar-refractivity contribution >= 4 is 17.0 Å². The van der Waals surface area contributed by atoms with Crippen molar-refractivity contribution in [2.24, 2.45) is 0 Å². The topological polar surface area (TPSA) is 67.0 Å². The zero-order chi connectivity index (χ0) is 16.2. The van der Waals surface area contributed by atoms with E-state index in [0.29, 0.717) is 19.5 Å². The molecule has 5 nitrogen and oxygen atoms in total. The van der Waals surface area contributed by atoms with Crippen LogP contribution in [0.2, 0.25) is 0 Å². The van der Waals surface area contributed by atoms with Crippen LogP contribution >= 0.6 is 0 Å². The van der Waals surface area contributed by atoms with Gasteiger partial charge in [-0.2, -0.15) is 5.26 Å². The van der Waals surface area contributed by atoms with E-state index in [9.17, 15) is 4.79 Å². The van der Waals surface area contributed by atoms with Gasteiger partial charge in [-0.25, -0.2) is 4.79 Å². The minimum Gasteiger partial charge on any atom is -0.444 e. The molecular formula is C17H21N3O2. The van der Waals surface area contributed by atoms with Gasteiger partial charge in [-0.15, -0.1) is 0 Å². The van der Waals surface area contributed by atoms with Gasteiger partial charge in [0.15, 0.2) is 0 Å². The van der Waals surface area contributed by atoms with Crippen LogP contribution in [0.1, 0.15) is 26.3 Å². The first kappa shape index (κ1) is 15.9. The van der Waals surface area contributed by atoms with Gasteiger partial charge in [-0.3, -0.25) is 0 Å². The molecular weight excluding hydrogens is 278 g/mol. The second-order valence-electron chi connectivity index (χ2n) is 6.14. The summed E-state index contributed by atoms with van der Waals surface area (Å²) in [7, 11) is 0. The lowest BCUT2D eigenvalue weighted by molar-refractivity contribution is 0.0528. The molecule has 0 bridgehead atoms. The summed E-state index contributed by atoms with van der Waals surface area (Å²) in [6, 6.07) is 10.1. The molecule has 1 aromatic heterocycles. The summed E-state index contributed by atoms with van der Waals surface area (Å²) in [6.45, 7) is 6.32. The van der Waals surface area contributed by atoms with E-state index in [-0.39, 0.29) is 0 Å². The van der Waals surface area contributed by atoms with E-state index < -0.39 is 11.7 Å². The number of ether oxygens (including phenoxy) is 1. The predicted molar refractivity (Wildman–Crippen MR) is 85.5 cm³/mol. The molecule has 0 aliphatic carbocycles. The molecule has 5 heteroatoms. The van der Waals surface area contributed by atoms with E-state index in [1.807, 2.05) is 55.8 Å². The Bertz CT molecular complexity index is 705. The molecule has 116 valence electrons. The zero-order valence-electron chi connectivity index (χ0n) is 13.2. The molecule has 2 rings (SSSR count). The number of aromatic nitrogens is 1. The first-order valence-corrected chi connectivity index (χ1v) is 7.31. The average molecular weight is 299 g/mol. The maximum absolute atomic E-state index is 11.6. The van der Waals surface area contributed by atoms with Gasteiger partial charge in [-0.1, -0.05) is 18.2 Å². The number of rotatable bonds is 4. The highest BCUT2D eigenvalue weighted by atomic mass is 16.6. The Morgan fingerprint density at radius 1 is 1.36 bits per heavy atom. The molecule has 0 radical (unpaired) electrons. The van der Waals surface area contributed by atoms with E-state index in [1.54, 1.807) is 0 Å². The van der Waals surface area contributed by atoms with Crippen molar-refractivity contribution < 1.29 is 9.53 Å². The second-order valence-corrected chi connectivity index (χ2v) is 6.14. The third-order valence-electron chi connectivity index (χ3n) is 3.17. The van der Waals surface area contributed by atoms with Gasteiger partial charge < -0.3 is 14.6 Å². The maximum atomic E-state index is 11.6. The molecule has 0 saturated carbocycles. The number of alkyl carbamates (subject to hydrolysis) is 1. The Hall–Kier alpha value is -2.48.